The van der Waals surface area contributed by atoms with Crippen LogP contribution in [-0.2, 0) is 114 Å². The monoisotopic (exact) mass is 1820 g/mol. The van der Waals surface area contributed by atoms with Crippen LogP contribution >= 0.6 is 0 Å². The van der Waals surface area contributed by atoms with Crippen molar-refractivity contribution >= 4 is 29.6 Å². The molecule has 0 aromatic carbocycles. The van der Waals surface area contributed by atoms with Crippen molar-refractivity contribution in [3.63, 3.8) is 0 Å². The van der Waals surface area contributed by atoms with Crippen LogP contribution in [0.15, 0.2) is 0 Å². The Kier molecular flexibility index (Phi) is 36.2. The second-order valence-electron chi connectivity index (χ2n) is 31.0. The zero-order valence-corrected chi connectivity index (χ0v) is 66.1. The average Bonchev–Trinajstić information content (AvgIpc) is 0.765. The Morgan fingerprint density at radius 3 is 0.944 bits per heavy atom. The molecule has 10 aliphatic heterocycles. The summed E-state index contributed by atoms with van der Waals surface area (Å²) in [5.41, 5.74) is 0. The first-order chi connectivity index (χ1) is 58.6. The third kappa shape index (κ3) is 22.1. The van der Waals surface area contributed by atoms with Gasteiger partial charge in [-0.25, -0.2) is 4.79 Å². The van der Waals surface area contributed by atoms with Crippen LogP contribution in [0.5, 0.6) is 0 Å². The van der Waals surface area contributed by atoms with Gasteiger partial charge in [-0.3, -0.25) is 19.2 Å². The Hall–Kier alpha value is -4.49. The number of aliphatic hydroxyl groups excluding tert-OH is 27. The van der Waals surface area contributed by atoms with E-state index >= 15 is 0 Å². The number of ether oxygens (including phenoxy) is 19. The summed E-state index contributed by atoms with van der Waals surface area (Å²) in [7, 11) is 0. The fourth-order valence-corrected chi connectivity index (χ4v) is 15.9. The highest BCUT2D eigenvalue weighted by Crippen LogP contribution is 2.41. The predicted octanol–water partition coefficient (Wildman–Crippen LogP) is -22.1. The highest BCUT2D eigenvalue weighted by molar-refractivity contribution is 5.75. The van der Waals surface area contributed by atoms with Crippen LogP contribution in [0.2, 0.25) is 0 Å². The lowest BCUT2D eigenvalue weighted by Crippen LogP contribution is -2.71. The Bertz CT molecular complexity index is 3400. The van der Waals surface area contributed by atoms with Gasteiger partial charge in [0.2, 0.25) is 23.6 Å². The number of carboxylic acid groups (broad SMARTS) is 1. The van der Waals surface area contributed by atoms with Crippen molar-refractivity contribution in [1.82, 2.24) is 21.3 Å². The number of nitrogens with one attached hydrogen (secondary N) is 4. The number of carbonyl (C=O) groups is 5. The molecule has 10 heterocycles. The van der Waals surface area contributed by atoms with Gasteiger partial charge in [0.05, 0.1) is 59.5 Å². The lowest BCUT2D eigenvalue weighted by molar-refractivity contribution is -0.398. The Balaban J connectivity index is 0.946. The van der Waals surface area contributed by atoms with Crippen molar-refractivity contribution < 1.29 is 257 Å². The van der Waals surface area contributed by atoms with E-state index in [2.05, 4.69) is 21.3 Å². The molecule has 10 aliphatic rings. The fraction of sp³-hybridized carbons (Fsp3) is 0.926. The number of hydrogen-bond donors (Lipinski definition) is 32. The summed E-state index contributed by atoms with van der Waals surface area (Å²) in [5, 5.41) is 320. The number of aliphatic carboxylic acids is 1. The van der Waals surface area contributed by atoms with Crippen molar-refractivity contribution in [2.45, 2.75) is 335 Å². The second-order valence-corrected chi connectivity index (χ2v) is 31.0. The molecule has 0 aromatic rings. The average molecular weight is 1820 g/mol. The van der Waals surface area contributed by atoms with E-state index in [1.54, 1.807) is 0 Å². The standard InChI is InChI=1S/C68H112N4O52/c1-14(81)69-27-37(91)49(23(10-78)107-59(27)105)116-60-28(70-15(2)82)39(93)51(25(12-80)113-60)118-67-48(102)55(36(90)26(115-67)13-106-63-46(100)53(34(88)21(8-76)109-63)120-64-44(98)40(94)31(85)18(5-73)110-64)122-68-57(42(96)32(86)19(6-74)112-68)124-61-29(71-16(3)83)38(92)50(24(11-79)114-61)117-62-30(72-17(4)84)52(33(87)20(7-75)108-62)119-66-47(101)54(35(89)22(9-77)111-66)121-65-45(99)41(95)43(97)56(123-65)58(103)104/h18-57,59-68,73-80,85-102,105H,5-13H2,1-4H3,(H,69,81)(H,70,82)(H,71,83)(H,72,84)(H,103,104)/t18-,19-,20-,21-,22-,23-,24-,25-,26-,27-,28-,29-,30-,31-,32-,33+,34-,35+,36-,37-,38-,39-,40+,41+,42+,43+,44+,45-,46+,47-,48+,49-,50-,51-,52-,53+,54+,55+,56+,57+,59-,60+,61+,62+,63+,64-,65-,66+,67+,68-/m1/s1. The molecule has 10 rings (SSSR count). The van der Waals surface area contributed by atoms with E-state index in [-0.39, 0.29) is 0 Å². The van der Waals surface area contributed by atoms with Gasteiger partial charge < -0.3 is 254 Å². The number of rotatable bonds is 32. The van der Waals surface area contributed by atoms with Crippen LogP contribution in [0.25, 0.3) is 0 Å². The SMILES string of the molecule is CC(=O)N[C@@H]1[C@@H](O)[C@H](O[C@@H]2O[C@H](CO)[C@@H](O[C@@H]3O[C@H](CO[C@H]4O[C@H](CO)[C@@H](O)[C@H](O[C@H]5O[C@H](CO)[C@@H](O)[C@H](O)[C@@H]5O)[C@@H]4O)[C@@H](O)[C@H](O[C@H]4O[C@H](CO)[C@@H](O)[C@H](O)[C@@H]4O[C@@H]4O[C@H](CO)[C@@H](O[C@@H]5O[C@H](CO)[C@H](O)[C@H](O[C@@H]6O[C@H](CO)[C@H](O)[C@H](O[C@@H]7O[C@H](C(=O)O)[C@@H](O)[C@H](O)[C@H]7O)[C@H]6O)[C@H]5NC(C)=O)[C@H](O)[C@H]4NC(C)=O)[C@@H]3O)[C@H](O)[C@H]2NC(C)=O)[C@@H](CO)O[C@H]1O. The first-order valence-electron chi connectivity index (χ1n) is 39.1. The first kappa shape index (κ1) is 102. The smallest absolute Gasteiger partial charge is 0.335 e. The quantitative estimate of drug-likeness (QED) is 0.0297. The van der Waals surface area contributed by atoms with E-state index in [4.69, 9.17) is 90.0 Å². The highest BCUT2D eigenvalue weighted by atomic mass is 16.8. The van der Waals surface area contributed by atoms with Crippen molar-refractivity contribution in [2.75, 3.05) is 59.5 Å². The molecule has 0 spiro atoms. The first-order valence-corrected chi connectivity index (χ1v) is 39.1. The molecule has 10 saturated heterocycles. The third-order valence-corrected chi connectivity index (χ3v) is 22.4. The molecule has 0 saturated carbocycles. The van der Waals surface area contributed by atoms with Gasteiger partial charge in [0, 0.05) is 27.7 Å². The Morgan fingerprint density at radius 1 is 0.234 bits per heavy atom. The molecule has 50 atom stereocenters. The largest absolute Gasteiger partial charge is 0.479 e. The lowest BCUT2D eigenvalue weighted by atomic mass is 9.93. The summed E-state index contributed by atoms with van der Waals surface area (Å²) in [4.78, 5) is 63.6. The van der Waals surface area contributed by atoms with Crippen molar-refractivity contribution in [1.29, 1.82) is 0 Å². The van der Waals surface area contributed by atoms with Crippen LogP contribution in [-0.4, -0.2) is 539 Å². The van der Waals surface area contributed by atoms with Crippen molar-refractivity contribution in [3.05, 3.63) is 0 Å². The lowest BCUT2D eigenvalue weighted by Gasteiger charge is -2.51. The maximum absolute atomic E-state index is 13.3. The Morgan fingerprint density at radius 2 is 0.508 bits per heavy atom. The predicted molar refractivity (Wildman–Crippen MR) is 377 cm³/mol. The third-order valence-electron chi connectivity index (χ3n) is 22.4. The number of hydrogen-bond acceptors (Lipinski definition) is 51. The number of aliphatic hydroxyl groups is 27. The molecule has 4 amide bonds. The molecule has 56 heteroatoms. The summed E-state index contributed by atoms with van der Waals surface area (Å²) in [6.07, 6.45) is -99.5. The topological polar surface area (TPSA) is 875 Å². The summed E-state index contributed by atoms with van der Waals surface area (Å²) in [6, 6.07) is -7.70. The van der Waals surface area contributed by atoms with E-state index in [0.29, 0.717) is 0 Å². The highest BCUT2D eigenvalue weighted by Gasteiger charge is 2.62. The molecule has 10 fully saturated rings. The van der Waals surface area contributed by atoms with E-state index < -0.39 is 396 Å². The Labute approximate surface area is 700 Å². The van der Waals surface area contributed by atoms with Gasteiger partial charge in [-0.05, 0) is 0 Å². The van der Waals surface area contributed by atoms with Crippen LogP contribution < -0.4 is 21.3 Å². The normalized spacial score (nSPS) is 49.1. The maximum Gasteiger partial charge on any atom is 0.335 e. The molecule has 0 bridgehead atoms. The molecule has 0 radical (unpaired) electrons. The molecule has 0 aromatic heterocycles. The molecule has 32 N–H and O–H groups in total. The zero-order chi connectivity index (χ0) is 91.4. The molecule has 124 heavy (non-hydrogen) atoms. The minimum atomic E-state index is -2.60. The van der Waals surface area contributed by atoms with Gasteiger partial charge in [0.15, 0.2) is 69.0 Å². The van der Waals surface area contributed by atoms with E-state index in [1.807, 2.05) is 0 Å². The summed E-state index contributed by atoms with van der Waals surface area (Å²) in [6.45, 7) is -6.61. The number of carbonyl (C=O) groups excluding carboxylic acids is 4. The van der Waals surface area contributed by atoms with Gasteiger partial charge in [-0.1, -0.05) is 0 Å². The van der Waals surface area contributed by atoms with Gasteiger partial charge in [0.1, 0.15) is 238 Å². The van der Waals surface area contributed by atoms with E-state index in [1.165, 1.54) is 0 Å². The minimum Gasteiger partial charge on any atom is -0.479 e. The molecule has 0 unspecified atom stereocenters. The van der Waals surface area contributed by atoms with E-state index in [9.17, 15) is 167 Å². The molecule has 716 valence electrons. The zero-order valence-electron chi connectivity index (χ0n) is 66.1. The number of carboxylic acids is 1. The number of amides is 4. The molecule has 56 nitrogen and oxygen atoms in total. The van der Waals surface area contributed by atoms with Crippen LogP contribution in [0.3, 0.4) is 0 Å². The summed E-state index contributed by atoms with van der Waals surface area (Å²) >= 11 is 0. The van der Waals surface area contributed by atoms with Gasteiger partial charge in [-0.2, -0.15) is 0 Å². The van der Waals surface area contributed by atoms with Crippen LogP contribution in [0, 0.1) is 0 Å². The molecular weight excluding hydrogens is 1700 g/mol. The molecule has 0 aliphatic carbocycles. The van der Waals surface area contributed by atoms with E-state index in [0.717, 1.165) is 27.7 Å². The molecular formula is C68H112N4O52. The van der Waals surface area contributed by atoms with Gasteiger partial charge in [-0.15, -0.1) is 0 Å². The summed E-state index contributed by atoms with van der Waals surface area (Å²) in [5.74, 6) is -5.68. The van der Waals surface area contributed by atoms with Gasteiger partial charge in [0.25, 0.3) is 0 Å². The fourth-order valence-electron chi connectivity index (χ4n) is 15.9. The summed E-state index contributed by atoms with van der Waals surface area (Å²) < 4.78 is 111. The van der Waals surface area contributed by atoms with Crippen LogP contribution in [0.1, 0.15) is 27.7 Å². The second kappa shape index (κ2) is 44.2. The minimum absolute atomic E-state index is 0.798. The maximum atomic E-state index is 13.3. The van der Waals surface area contributed by atoms with Gasteiger partial charge >= 0.3 is 5.97 Å². The van der Waals surface area contributed by atoms with Crippen molar-refractivity contribution in [2.24, 2.45) is 0 Å². The van der Waals surface area contributed by atoms with Crippen molar-refractivity contribution in [3.8, 4) is 0 Å². The van der Waals surface area contributed by atoms with Crippen LogP contribution in [0.4, 0.5) is 0 Å².